The zero-order chi connectivity index (χ0) is 31.9. The van der Waals surface area contributed by atoms with Gasteiger partial charge in [-0.15, -0.1) is 0 Å². The maximum absolute atomic E-state index is 14.3. The lowest BCUT2D eigenvalue weighted by atomic mass is 9.76. The molecule has 7 heteroatoms. The maximum Gasteiger partial charge on any atom is 0.323 e. The molecule has 0 aromatic heterocycles. The number of carbonyl (C=O) groups is 2. The van der Waals surface area contributed by atoms with Crippen LogP contribution in [-0.4, -0.2) is 25.0 Å². The minimum atomic E-state index is -0.989. The van der Waals surface area contributed by atoms with E-state index < -0.39 is 34.6 Å². The summed E-state index contributed by atoms with van der Waals surface area (Å²) < 4.78 is 33.8. The second kappa shape index (κ2) is 11.7. The fraction of sp³-hybridized carbons (Fsp3) is 0.179. The molecule has 5 nitrogen and oxygen atoms in total. The van der Waals surface area contributed by atoms with E-state index >= 15 is 0 Å². The number of benzene rings is 5. The summed E-state index contributed by atoms with van der Waals surface area (Å²) in [5.41, 5.74) is 3.50. The Hall–Kier alpha value is -5.14. The number of rotatable bonds is 9. The van der Waals surface area contributed by atoms with Gasteiger partial charge in [-0.1, -0.05) is 103 Å². The van der Waals surface area contributed by atoms with Gasteiger partial charge in [0.2, 0.25) is 5.91 Å². The van der Waals surface area contributed by atoms with E-state index in [4.69, 9.17) is 4.74 Å². The van der Waals surface area contributed by atoms with E-state index in [0.29, 0.717) is 29.8 Å². The average Bonchev–Trinajstić information content (AvgIpc) is 3.88. The highest BCUT2D eigenvalue weighted by Crippen LogP contribution is 2.59. The van der Waals surface area contributed by atoms with Crippen molar-refractivity contribution in [2.75, 3.05) is 12.0 Å². The zero-order valence-electron chi connectivity index (χ0n) is 25.3. The van der Waals surface area contributed by atoms with Crippen LogP contribution in [0.5, 0.6) is 0 Å². The molecule has 46 heavy (non-hydrogen) atoms. The summed E-state index contributed by atoms with van der Waals surface area (Å²) in [6.45, 7) is 0. The largest absolute Gasteiger partial charge is 0.468 e. The molecule has 230 valence electrons. The van der Waals surface area contributed by atoms with Crippen molar-refractivity contribution < 1.29 is 23.1 Å². The Morgan fingerprint density at radius 3 is 1.78 bits per heavy atom. The first-order chi connectivity index (χ1) is 22.4. The second-order valence-corrected chi connectivity index (χ2v) is 11.9. The molecular weight excluding hydrogens is 582 g/mol. The van der Waals surface area contributed by atoms with E-state index in [2.05, 4.69) is 5.32 Å². The molecule has 1 saturated carbocycles. The molecule has 1 amide bonds. The van der Waals surface area contributed by atoms with Crippen LogP contribution in [-0.2, 0) is 31.7 Å². The lowest BCUT2D eigenvalue weighted by Gasteiger charge is -2.39. The number of fused-ring (bicyclic) bond motifs is 2. The van der Waals surface area contributed by atoms with Gasteiger partial charge in [0.15, 0.2) is 11.6 Å². The topological polar surface area (TPSA) is 58.6 Å². The SMILES string of the molecule is COC(=O)[C@H](Cc1ccc(N2C(=O)C3(CC3)c3cc(F)c(F)cc32)cc1)NC(c1ccccc1)(c1ccccc1)c1ccccc1. The van der Waals surface area contributed by atoms with Crippen LogP contribution in [0.4, 0.5) is 20.2 Å². The molecule has 1 heterocycles. The van der Waals surface area contributed by atoms with Gasteiger partial charge in [0, 0.05) is 11.8 Å². The van der Waals surface area contributed by atoms with Crippen LogP contribution in [0.3, 0.4) is 0 Å². The fourth-order valence-electron chi connectivity index (χ4n) is 6.84. The van der Waals surface area contributed by atoms with Gasteiger partial charge in [-0.05, 0) is 65.3 Å². The molecular formula is C39H32F2N2O3. The number of methoxy groups -OCH3 is 1. The molecule has 1 aliphatic carbocycles. The molecule has 5 aromatic rings. The minimum Gasteiger partial charge on any atom is -0.468 e. The van der Waals surface area contributed by atoms with Crippen molar-refractivity contribution in [3.8, 4) is 0 Å². The number of amides is 1. The summed E-state index contributed by atoms with van der Waals surface area (Å²) in [7, 11) is 1.38. The summed E-state index contributed by atoms with van der Waals surface area (Å²) in [5.74, 6) is -2.54. The first-order valence-corrected chi connectivity index (χ1v) is 15.3. The number of halogens is 2. The summed E-state index contributed by atoms with van der Waals surface area (Å²) in [6.07, 6.45) is 1.50. The summed E-state index contributed by atoms with van der Waals surface area (Å²) in [6, 6.07) is 38.8. The highest BCUT2D eigenvalue weighted by Gasteiger charge is 2.60. The maximum atomic E-state index is 14.3. The lowest BCUT2D eigenvalue weighted by Crippen LogP contribution is -2.53. The molecule has 1 fully saturated rings. The van der Waals surface area contributed by atoms with E-state index in [-0.39, 0.29) is 12.3 Å². The third-order valence-electron chi connectivity index (χ3n) is 9.29. The van der Waals surface area contributed by atoms with E-state index in [1.165, 1.54) is 12.0 Å². The Morgan fingerprint density at radius 2 is 1.30 bits per heavy atom. The number of hydrogen-bond donors (Lipinski definition) is 1. The number of hydrogen-bond acceptors (Lipinski definition) is 4. The number of nitrogens with one attached hydrogen (secondary N) is 1. The predicted octanol–water partition coefficient (Wildman–Crippen LogP) is 7.34. The van der Waals surface area contributed by atoms with E-state index in [9.17, 15) is 18.4 Å². The Kier molecular flexibility index (Phi) is 7.49. The molecule has 2 aliphatic rings. The summed E-state index contributed by atoms with van der Waals surface area (Å²) >= 11 is 0. The van der Waals surface area contributed by atoms with E-state index in [1.54, 1.807) is 12.1 Å². The number of esters is 1. The number of ether oxygens (including phenoxy) is 1. The van der Waals surface area contributed by atoms with Gasteiger partial charge in [0.1, 0.15) is 6.04 Å². The van der Waals surface area contributed by atoms with Crippen LogP contribution in [0.2, 0.25) is 0 Å². The van der Waals surface area contributed by atoms with Crippen molar-refractivity contribution >= 4 is 23.3 Å². The third kappa shape index (κ3) is 4.88. The predicted molar refractivity (Wildman–Crippen MR) is 173 cm³/mol. The molecule has 7 rings (SSSR count). The van der Waals surface area contributed by atoms with E-state index in [0.717, 1.165) is 34.4 Å². The number of carbonyl (C=O) groups excluding carboxylic acids is 2. The van der Waals surface area contributed by atoms with Crippen LogP contribution in [0, 0.1) is 11.6 Å². The highest BCUT2D eigenvalue weighted by atomic mass is 19.2. The van der Waals surface area contributed by atoms with Crippen LogP contribution in [0.25, 0.3) is 0 Å². The Balaban J connectivity index is 1.25. The smallest absolute Gasteiger partial charge is 0.323 e. The van der Waals surface area contributed by atoms with Crippen LogP contribution in [0.1, 0.15) is 40.7 Å². The zero-order valence-corrected chi connectivity index (χ0v) is 25.3. The van der Waals surface area contributed by atoms with Crippen LogP contribution in [0.15, 0.2) is 127 Å². The normalized spacial score (nSPS) is 15.5. The van der Waals surface area contributed by atoms with Gasteiger partial charge in [0.25, 0.3) is 0 Å². The van der Waals surface area contributed by atoms with Crippen molar-refractivity contribution in [2.45, 2.75) is 36.3 Å². The number of nitrogens with zero attached hydrogens (tertiary/aromatic N) is 1. The standard InChI is InChI=1S/C39H32F2N2O3/c1-46-36(44)34(42-39(27-11-5-2-6-12-27,28-13-7-3-8-14-28)29-15-9-4-10-16-29)23-26-17-19-30(20-18-26)43-35-25-33(41)32(40)24-31(35)38(21-22-38)37(43)45/h2-20,24-25,34,42H,21-23H2,1H3/t34-/m0/s1. The lowest BCUT2D eigenvalue weighted by molar-refractivity contribution is -0.143. The van der Waals surface area contributed by atoms with Gasteiger partial charge in [-0.3, -0.25) is 19.8 Å². The molecule has 5 aromatic carbocycles. The molecule has 0 bridgehead atoms. The van der Waals surface area contributed by atoms with Gasteiger partial charge in [-0.2, -0.15) is 0 Å². The quantitative estimate of drug-likeness (QED) is 0.139. The Morgan fingerprint density at radius 1 is 0.804 bits per heavy atom. The Bertz CT molecular complexity index is 1800. The van der Waals surface area contributed by atoms with Gasteiger partial charge in [0.05, 0.1) is 23.8 Å². The minimum absolute atomic E-state index is 0.173. The molecule has 1 spiro atoms. The first kappa shape index (κ1) is 29.6. The van der Waals surface area contributed by atoms with Crippen LogP contribution >= 0.6 is 0 Å². The fourth-order valence-corrected chi connectivity index (χ4v) is 6.84. The van der Waals surface area contributed by atoms with Gasteiger partial charge in [-0.25, -0.2) is 8.78 Å². The van der Waals surface area contributed by atoms with Crippen molar-refractivity contribution in [1.29, 1.82) is 0 Å². The molecule has 0 unspecified atom stereocenters. The monoisotopic (exact) mass is 614 g/mol. The van der Waals surface area contributed by atoms with Crippen molar-refractivity contribution in [1.82, 2.24) is 5.32 Å². The van der Waals surface area contributed by atoms with Gasteiger partial charge < -0.3 is 4.74 Å². The molecule has 0 radical (unpaired) electrons. The molecule has 1 atom stereocenters. The molecule has 1 N–H and O–H groups in total. The third-order valence-corrected chi connectivity index (χ3v) is 9.29. The summed E-state index contributed by atoms with van der Waals surface area (Å²) in [4.78, 5) is 28.5. The van der Waals surface area contributed by atoms with Crippen molar-refractivity contribution in [2.24, 2.45) is 0 Å². The number of anilines is 2. The van der Waals surface area contributed by atoms with Crippen molar-refractivity contribution in [3.63, 3.8) is 0 Å². The first-order valence-electron chi connectivity index (χ1n) is 15.3. The second-order valence-electron chi connectivity index (χ2n) is 11.9. The van der Waals surface area contributed by atoms with Crippen molar-refractivity contribution in [3.05, 3.63) is 167 Å². The van der Waals surface area contributed by atoms with Gasteiger partial charge >= 0.3 is 5.97 Å². The highest BCUT2D eigenvalue weighted by molar-refractivity contribution is 6.14. The molecule has 0 saturated heterocycles. The van der Waals surface area contributed by atoms with E-state index in [1.807, 2.05) is 103 Å². The summed E-state index contributed by atoms with van der Waals surface area (Å²) in [5, 5.41) is 3.72. The Labute approximate surface area is 266 Å². The van der Waals surface area contributed by atoms with Crippen LogP contribution < -0.4 is 10.2 Å². The average molecular weight is 615 g/mol. The molecule has 1 aliphatic heterocycles.